The van der Waals surface area contributed by atoms with Gasteiger partial charge in [-0.05, 0) is 50.2 Å². The van der Waals surface area contributed by atoms with Crippen molar-refractivity contribution in [3.63, 3.8) is 0 Å². The van der Waals surface area contributed by atoms with E-state index < -0.39 is 22.5 Å². The highest BCUT2D eigenvalue weighted by molar-refractivity contribution is 9.10. The fourth-order valence-electron chi connectivity index (χ4n) is 2.30. The molecule has 0 saturated heterocycles. The number of nitrogens with zero attached hydrogens (tertiary/aromatic N) is 1. The van der Waals surface area contributed by atoms with Crippen molar-refractivity contribution in [2.45, 2.75) is 18.7 Å². The van der Waals surface area contributed by atoms with Crippen molar-refractivity contribution in [2.24, 2.45) is 0 Å². The summed E-state index contributed by atoms with van der Waals surface area (Å²) in [6.45, 7) is 3.55. The third-order valence-corrected chi connectivity index (χ3v) is 5.72. The Morgan fingerprint density at radius 2 is 1.69 bits per heavy atom. The third kappa shape index (κ3) is 4.76. The number of halogens is 1. The van der Waals surface area contributed by atoms with Crippen molar-refractivity contribution in [3.8, 4) is 5.75 Å². The van der Waals surface area contributed by atoms with Crippen LogP contribution in [0.5, 0.6) is 5.75 Å². The first-order chi connectivity index (χ1) is 12.4. The van der Waals surface area contributed by atoms with Crippen molar-refractivity contribution >= 4 is 37.6 Å². The Hall–Kier alpha value is -2.06. The summed E-state index contributed by atoms with van der Waals surface area (Å²) in [6.07, 6.45) is 0. The van der Waals surface area contributed by atoms with Crippen LogP contribution in [0.15, 0.2) is 57.9 Å². The van der Waals surface area contributed by atoms with Crippen LogP contribution in [0.3, 0.4) is 0 Å². The maximum Gasteiger partial charge on any atom is 0.326 e. The zero-order valence-corrected chi connectivity index (χ0v) is 16.9. The lowest BCUT2D eigenvalue weighted by atomic mass is 10.3. The molecule has 8 heteroatoms. The molecule has 0 spiro atoms. The Bertz CT molecular complexity index is 852. The van der Waals surface area contributed by atoms with E-state index >= 15 is 0 Å². The first-order valence-electron chi connectivity index (χ1n) is 8.06. The molecular formula is C18H20BrNO5S. The normalized spacial score (nSPS) is 11.0. The van der Waals surface area contributed by atoms with Crippen LogP contribution in [-0.4, -0.2) is 34.1 Å². The maximum absolute atomic E-state index is 13.2. The monoisotopic (exact) mass is 441 g/mol. The van der Waals surface area contributed by atoms with E-state index in [0.29, 0.717) is 12.4 Å². The number of ether oxygens (including phenoxy) is 2. The second kappa shape index (κ2) is 9.05. The van der Waals surface area contributed by atoms with Gasteiger partial charge >= 0.3 is 5.97 Å². The van der Waals surface area contributed by atoms with Gasteiger partial charge in [0.25, 0.3) is 10.0 Å². The second-order valence-corrected chi connectivity index (χ2v) is 7.95. The minimum absolute atomic E-state index is 0.0660. The molecule has 0 fully saturated rings. The number of carbonyl (C=O) groups is 1. The Morgan fingerprint density at radius 3 is 2.31 bits per heavy atom. The van der Waals surface area contributed by atoms with E-state index in [2.05, 4.69) is 15.9 Å². The van der Waals surface area contributed by atoms with Crippen LogP contribution in [0.4, 0.5) is 5.69 Å². The molecule has 0 aromatic heterocycles. The molecule has 0 unspecified atom stereocenters. The highest BCUT2D eigenvalue weighted by Gasteiger charge is 2.29. The second-order valence-electron chi connectivity index (χ2n) is 5.17. The molecule has 2 aromatic rings. The van der Waals surface area contributed by atoms with E-state index in [-0.39, 0.29) is 17.2 Å². The summed E-state index contributed by atoms with van der Waals surface area (Å²) in [6, 6.07) is 12.9. The molecular weight excluding hydrogens is 422 g/mol. The van der Waals surface area contributed by atoms with Crippen LogP contribution >= 0.6 is 15.9 Å². The molecule has 0 amide bonds. The summed E-state index contributed by atoms with van der Waals surface area (Å²) in [5.74, 6) is -0.264. The predicted molar refractivity (Wildman–Crippen MR) is 103 cm³/mol. The fourth-order valence-corrected chi connectivity index (χ4v) is 3.98. The zero-order chi connectivity index (χ0) is 19.2. The lowest BCUT2D eigenvalue weighted by Gasteiger charge is -2.25. The van der Waals surface area contributed by atoms with Gasteiger partial charge in [0.1, 0.15) is 12.3 Å². The van der Waals surface area contributed by atoms with Gasteiger partial charge in [0.05, 0.1) is 23.8 Å². The first-order valence-corrected chi connectivity index (χ1v) is 10.3. The average Bonchev–Trinajstić information content (AvgIpc) is 2.61. The van der Waals surface area contributed by atoms with Crippen LogP contribution in [0.1, 0.15) is 13.8 Å². The van der Waals surface area contributed by atoms with E-state index in [0.717, 1.165) is 8.78 Å². The van der Waals surface area contributed by atoms with E-state index in [1.54, 1.807) is 50.2 Å². The Morgan fingerprint density at radius 1 is 1.04 bits per heavy atom. The summed E-state index contributed by atoms with van der Waals surface area (Å²) in [5, 5.41) is 0. The molecule has 0 bridgehead atoms. The first kappa shape index (κ1) is 20.3. The Balaban J connectivity index is 2.54. The van der Waals surface area contributed by atoms with Crippen LogP contribution in [0.25, 0.3) is 0 Å². The van der Waals surface area contributed by atoms with Crippen LogP contribution in [0.2, 0.25) is 0 Å². The van der Waals surface area contributed by atoms with Gasteiger partial charge in [0.2, 0.25) is 0 Å². The molecule has 0 aliphatic rings. The number of hydrogen-bond acceptors (Lipinski definition) is 5. The number of benzene rings is 2. The number of esters is 1. The maximum atomic E-state index is 13.2. The van der Waals surface area contributed by atoms with Crippen LogP contribution in [0, 0.1) is 0 Å². The van der Waals surface area contributed by atoms with Crippen molar-refractivity contribution in [3.05, 3.63) is 53.0 Å². The number of rotatable bonds is 8. The number of sulfonamides is 1. The number of hydrogen-bond donors (Lipinski definition) is 0. The topological polar surface area (TPSA) is 72.9 Å². The van der Waals surface area contributed by atoms with E-state index in [1.807, 2.05) is 0 Å². The van der Waals surface area contributed by atoms with Gasteiger partial charge in [0, 0.05) is 4.47 Å². The number of para-hydroxylation sites is 2. The molecule has 2 rings (SSSR count). The average molecular weight is 442 g/mol. The third-order valence-electron chi connectivity index (χ3n) is 3.41. The van der Waals surface area contributed by atoms with E-state index in [4.69, 9.17) is 9.47 Å². The Labute approximate surface area is 161 Å². The van der Waals surface area contributed by atoms with Gasteiger partial charge in [-0.15, -0.1) is 0 Å². The SMILES string of the molecule is CCOC(=O)CN(c1ccccc1OCC)S(=O)(=O)c1ccc(Br)cc1. The highest BCUT2D eigenvalue weighted by Crippen LogP contribution is 2.32. The molecule has 0 heterocycles. The van der Waals surface area contributed by atoms with Gasteiger partial charge in [-0.1, -0.05) is 28.1 Å². The lowest BCUT2D eigenvalue weighted by Crippen LogP contribution is -2.37. The molecule has 0 aliphatic carbocycles. The smallest absolute Gasteiger partial charge is 0.326 e. The van der Waals surface area contributed by atoms with Crippen molar-refractivity contribution in [2.75, 3.05) is 24.1 Å². The molecule has 0 aliphatic heterocycles. The van der Waals surface area contributed by atoms with Gasteiger partial charge in [-0.2, -0.15) is 0 Å². The van der Waals surface area contributed by atoms with E-state index in [9.17, 15) is 13.2 Å². The van der Waals surface area contributed by atoms with Crippen molar-refractivity contribution in [1.82, 2.24) is 0 Å². The fraction of sp³-hybridized carbons (Fsp3) is 0.278. The molecule has 2 aromatic carbocycles. The molecule has 0 atom stereocenters. The van der Waals surface area contributed by atoms with Gasteiger partial charge in [-0.3, -0.25) is 9.10 Å². The summed E-state index contributed by atoms with van der Waals surface area (Å²) < 4.78 is 38.6. The van der Waals surface area contributed by atoms with Gasteiger partial charge in [0.15, 0.2) is 0 Å². The van der Waals surface area contributed by atoms with Crippen LogP contribution in [-0.2, 0) is 19.6 Å². The summed E-state index contributed by atoms with van der Waals surface area (Å²) in [5.41, 5.74) is 0.283. The minimum atomic E-state index is -3.99. The lowest BCUT2D eigenvalue weighted by molar-refractivity contribution is -0.141. The molecule has 0 radical (unpaired) electrons. The van der Waals surface area contributed by atoms with Crippen molar-refractivity contribution < 1.29 is 22.7 Å². The summed E-state index contributed by atoms with van der Waals surface area (Å²) >= 11 is 3.28. The number of carbonyl (C=O) groups excluding carboxylic acids is 1. The Kier molecular flexibility index (Phi) is 7.05. The zero-order valence-electron chi connectivity index (χ0n) is 14.5. The largest absolute Gasteiger partial charge is 0.492 e. The minimum Gasteiger partial charge on any atom is -0.492 e. The molecule has 0 N–H and O–H groups in total. The number of anilines is 1. The van der Waals surface area contributed by atoms with Crippen LogP contribution < -0.4 is 9.04 Å². The van der Waals surface area contributed by atoms with Gasteiger partial charge < -0.3 is 9.47 Å². The van der Waals surface area contributed by atoms with Crippen molar-refractivity contribution in [1.29, 1.82) is 0 Å². The molecule has 26 heavy (non-hydrogen) atoms. The van der Waals surface area contributed by atoms with E-state index in [1.165, 1.54) is 12.1 Å². The highest BCUT2D eigenvalue weighted by atomic mass is 79.9. The standard InChI is InChI=1S/C18H20BrNO5S/c1-3-24-17-8-6-5-7-16(17)20(13-18(21)25-4-2)26(22,23)15-11-9-14(19)10-12-15/h5-12H,3-4,13H2,1-2H3. The predicted octanol–water partition coefficient (Wildman–Crippen LogP) is 3.61. The molecule has 0 saturated carbocycles. The molecule has 6 nitrogen and oxygen atoms in total. The summed E-state index contributed by atoms with van der Waals surface area (Å²) in [4.78, 5) is 12.1. The molecule has 140 valence electrons. The van der Waals surface area contributed by atoms with Gasteiger partial charge in [-0.25, -0.2) is 8.42 Å². The quantitative estimate of drug-likeness (QED) is 0.585. The summed E-state index contributed by atoms with van der Waals surface area (Å²) in [7, 11) is -3.99.